The lowest BCUT2D eigenvalue weighted by Gasteiger charge is -2.16. The number of hydrogen-bond donors (Lipinski definition) is 0. The molecule has 0 radical (unpaired) electrons. The normalized spacial score (nSPS) is 22.3. The Balaban J connectivity index is 2.16. The van der Waals surface area contributed by atoms with Crippen LogP contribution in [0.4, 0.5) is 10.2 Å². The molecule has 0 bridgehead atoms. The van der Waals surface area contributed by atoms with Crippen LogP contribution in [0.25, 0.3) is 0 Å². The second kappa shape index (κ2) is 3.32. The molecule has 1 aliphatic rings. The Morgan fingerprint density at radius 1 is 1.62 bits per heavy atom. The molecule has 13 heavy (non-hydrogen) atoms. The summed E-state index contributed by atoms with van der Waals surface area (Å²) in [5.74, 6) is 1.26. The molecule has 0 amide bonds. The van der Waals surface area contributed by atoms with Crippen molar-refractivity contribution in [3.8, 4) is 0 Å². The molecular formula is C10H13FN2. The number of hydrogen-bond acceptors (Lipinski definition) is 2. The van der Waals surface area contributed by atoms with Crippen molar-refractivity contribution in [1.82, 2.24) is 4.98 Å². The minimum Gasteiger partial charge on any atom is -0.356 e. The molecule has 1 unspecified atom stereocenters. The van der Waals surface area contributed by atoms with Crippen LogP contribution < -0.4 is 4.90 Å². The highest BCUT2D eigenvalue weighted by Crippen LogP contribution is 2.21. The fourth-order valence-electron chi connectivity index (χ4n) is 1.71. The van der Waals surface area contributed by atoms with Crippen LogP contribution in [-0.4, -0.2) is 18.1 Å². The third-order valence-electron chi connectivity index (χ3n) is 2.46. The molecule has 2 rings (SSSR count). The first kappa shape index (κ1) is 8.48. The number of anilines is 1. The molecule has 1 aromatic rings. The molecule has 2 heterocycles. The maximum atomic E-state index is 12.9. The Kier molecular flexibility index (Phi) is 2.17. The van der Waals surface area contributed by atoms with E-state index < -0.39 is 0 Å². The lowest BCUT2D eigenvalue weighted by molar-refractivity contribution is 0.623. The van der Waals surface area contributed by atoms with Gasteiger partial charge in [-0.15, -0.1) is 0 Å². The van der Waals surface area contributed by atoms with Gasteiger partial charge in [0.2, 0.25) is 0 Å². The van der Waals surface area contributed by atoms with Gasteiger partial charge in [0.25, 0.3) is 0 Å². The zero-order valence-corrected chi connectivity index (χ0v) is 7.70. The van der Waals surface area contributed by atoms with Crippen LogP contribution in [0.15, 0.2) is 18.3 Å². The fraction of sp³-hybridized carbons (Fsp3) is 0.500. The smallest absolute Gasteiger partial charge is 0.131 e. The van der Waals surface area contributed by atoms with Gasteiger partial charge in [-0.05, 0) is 18.4 Å². The largest absolute Gasteiger partial charge is 0.356 e. The summed E-state index contributed by atoms with van der Waals surface area (Å²) in [7, 11) is 0. The van der Waals surface area contributed by atoms with Crippen molar-refractivity contribution < 1.29 is 4.39 Å². The lowest BCUT2D eigenvalue weighted by atomic mass is 10.2. The van der Waals surface area contributed by atoms with Gasteiger partial charge < -0.3 is 4.90 Å². The van der Waals surface area contributed by atoms with Gasteiger partial charge in [0.15, 0.2) is 0 Å². The highest BCUT2D eigenvalue weighted by atomic mass is 19.1. The Morgan fingerprint density at radius 3 is 3.08 bits per heavy atom. The summed E-state index contributed by atoms with van der Waals surface area (Å²) in [5.41, 5.74) is 0. The lowest BCUT2D eigenvalue weighted by Crippen LogP contribution is -2.20. The van der Waals surface area contributed by atoms with Gasteiger partial charge in [0.05, 0.1) is 0 Å². The second-order valence-corrected chi connectivity index (χ2v) is 3.67. The Labute approximate surface area is 77.4 Å². The van der Waals surface area contributed by atoms with Crippen LogP contribution in [0.3, 0.4) is 0 Å². The highest BCUT2D eigenvalue weighted by Gasteiger charge is 2.19. The van der Waals surface area contributed by atoms with Crippen LogP contribution >= 0.6 is 0 Å². The van der Waals surface area contributed by atoms with E-state index in [0.717, 1.165) is 18.9 Å². The van der Waals surface area contributed by atoms with Crippen molar-refractivity contribution in [2.24, 2.45) is 5.92 Å². The predicted molar refractivity (Wildman–Crippen MR) is 50.2 cm³/mol. The molecule has 2 nitrogen and oxygen atoms in total. The van der Waals surface area contributed by atoms with E-state index in [1.807, 2.05) is 0 Å². The molecule has 1 aromatic heterocycles. The number of nitrogens with zero attached hydrogens (tertiary/aromatic N) is 2. The van der Waals surface area contributed by atoms with Crippen molar-refractivity contribution in [2.45, 2.75) is 13.3 Å². The van der Waals surface area contributed by atoms with Crippen molar-refractivity contribution in [2.75, 3.05) is 18.0 Å². The van der Waals surface area contributed by atoms with E-state index in [9.17, 15) is 4.39 Å². The van der Waals surface area contributed by atoms with Crippen molar-refractivity contribution >= 4 is 5.82 Å². The summed E-state index contributed by atoms with van der Waals surface area (Å²) >= 11 is 0. The van der Waals surface area contributed by atoms with E-state index in [1.165, 1.54) is 24.8 Å². The minimum atomic E-state index is -0.204. The Hall–Kier alpha value is -1.12. The van der Waals surface area contributed by atoms with Gasteiger partial charge in [0.1, 0.15) is 11.6 Å². The maximum absolute atomic E-state index is 12.9. The van der Waals surface area contributed by atoms with E-state index in [1.54, 1.807) is 0 Å². The van der Waals surface area contributed by atoms with Crippen molar-refractivity contribution in [3.05, 3.63) is 24.1 Å². The first-order valence-corrected chi connectivity index (χ1v) is 4.62. The van der Waals surface area contributed by atoms with Gasteiger partial charge in [0, 0.05) is 25.4 Å². The van der Waals surface area contributed by atoms with E-state index in [-0.39, 0.29) is 5.82 Å². The predicted octanol–water partition coefficient (Wildman–Crippen LogP) is 2.07. The average Bonchev–Trinajstić information content (AvgIpc) is 2.52. The molecule has 0 N–H and O–H groups in total. The van der Waals surface area contributed by atoms with E-state index in [2.05, 4.69) is 16.8 Å². The molecule has 1 fully saturated rings. The second-order valence-electron chi connectivity index (χ2n) is 3.67. The summed E-state index contributed by atoms with van der Waals surface area (Å²) in [6, 6.07) is 2.88. The fourth-order valence-corrected chi connectivity index (χ4v) is 1.71. The molecule has 1 aliphatic heterocycles. The van der Waals surface area contributed by atoms with Gasteiger partial charge in [-0.1, -0.05) is 6.92 Å². The molecule has 0 spiro atoms. The third-order valence-corrected chi connectivity index (χ3v) is 2.46. The third kappa shape index (κ3) is 1.79. The SMILES string of the molecule is CC1CCN(c2cc(F)ccn2)C1. The molecule has 1 atom stereocenters. The van der Waals surface area contributed by atoms with Gasteiger partial charge in [-0.3, -0.25) is 0 Å². The molecule has 0 saturated carbocycles. The number of pyridine rings is 1. The molecule has 3 heteroatoms. The first-order valence-electron chi connectivity index (χ1n) is 4.62. The Morgan fingerprint density at radius 2 is 2.46 bits per heavy atom. The number of aromatic nitrogens is 1. The summed E-state index contributed by atoms with van der Waals surface area (Å²) in [6.45, 7) is 4.20. The van der Waals surface area contributed by atoms with Crippen LogP contribution in [-0.2, 0) is 0 Å². The van der Waals surface area contributed by atoms with Crippen LogP contribution in [0.2, 0.25) is 0 Å². The topological polar surface area (TPSA) is 16.1 Å². The zero-order valence-electron chi connectivity index (χ0n) is 7.70. The summed E-state index contributed by atoms with van der Waals surface area (Å²) in [4.78, 5) is 6.27. The van der Waals surface area contributed by atoms with Crippen LogP contribution in [0, 0.1) is 11.7 Å². The minimum absolute atomic E-state index is 0.204. The molecular weight excluding hydrogens is 167 g/mol. The standard InChI is InChI=1S/C10H13FN2/c1-8-3-5-13(7-8)10-6-9(11)2-4-12-10/h2,4,6,8H,3,5,7H2,1H3. The molecule has 0 aliphatic carbocycles. The quantitative estimate of drug-likeness (QED) is 0.657. The van der Waals surface area contributed by atoms with Crippen molar-refractivity contribution in [3.63, 3.8) is 0 Å². The summed E-state index contributed by atoms with van der Waals surface area (Å²) in [6.07, 6.45) is 2.70. The molecule has 70 valence electrons. The number of rotatable bonds is 1. The average molecular weight is 180 g/mol. The zero-order chi connectivity index (χ0) is 9.26. The van der Waals surface area contributed by atoms with E-state index in [0.29, 0.717) is 5.92 Å². The maximum Gasteiger partial charge on any atom is 0.131 e. The van der Waals surface area contributed by atoms with E-state index >= 15 is 0 Å². The van der Waals surface area contributed by atoms with Crippen molar-refractivity contribution in [1.29, 1.82) is 0 Å². The molecule has 1 saturated heterocycles. The number of halogens is 1. The van der Waals surface area contributed by atoms with Gasteiger partial charge >= 0.3 is 0 Å². The molecule has 0 aromatic carbocycles. The first-order chi connectivity index (χ1) is 6.25. The van der Waals surface area contributed by atoms with Gasteiger partial charge in [-0.25, -0.2) is 9.37 Å². The van der Waals surface area contributed by atoms with Crippen LogP contribution in [0.5, 0.6) is 0 Å². The Bertz CT molecular complexity index is 301. The monoisotopic (exact) mass is 180 g/mol. The van der Waals surface area contributed by atoms with E-state index in [4.69, 9.17) is 0 Å². The summed E-state index contributed by atoms with van der Waals surface area (Å²) in [5, 5.41) is 0. The van der Waals surface area contributed by atoms with Crippen LogP contribution in [0.1, 0.15) is 13.3 Å². The van der Waals surface area contributed by atoms with Gasteiger partial charge in [-0.2, -0.15) is 0 Å². The summed E-state index contributed by atoms with van der Waals surface area (Å²) < 4.78 is 12.9. The highest BCUT2D eigenvalue weighted by molar-refractivity contribution is 5.39.